The lowest BCUT2D eigenvalue weighted by molar-refractivity contribution is -0.141. The van der Waals surface area contributed by atoms with Crippen LogP contribution in [0.25, 0.3) is 0 Å². The second-order valence-electron chi connectivity index (χ2n) is 7.22. The highest BCUT2D eigenvalue weighted by molar-refractivity contribution is 7.99. The van der Waals surface area contributed by atoms with Crippen molar-refractivity contribution >= 4 is 17.7 Å². The van der Waals surface area contributed by atoms with Gasteiger partial charge < -0.3 is 10.2 Å². The third kappa shape index (κ3) is 4.33. The number of hydrogen-bond donors (Lipinski definition) is 1. The summed E-state index contributed by atoms with van der Waals surface area (Å²) in [4.78, 5) is 19.5. The molecule has 3 fully saturated rings. The number of pyridine rings is 1. The topological polar surface area (TPSA) is 45.2 Å². The number of amides is 1. The van der Waals surface area contributed by atoms with Crippen LogP contribution in [0.1, 0.15) is 28.9 Å². The largest absolute Gasteiger partial charge is 0.433 e. The van der Waals surface area contributed by atoms with Crippen LogP contribution in [0, 0.1) is 5.92 Å². The molecule has 1 amide bonds. The molecule has 1 N–H and O–H groups in total. The SMILES string of the molecule is O=C(N[C@H]1CN2CCC1CC2)c1ccc(Sc2ccnc(C(F)(F)F)c2)cc1. The van der Waals surface area contributed by atoms with Crippen molar-refractivity contribution in [1.29, 1.82) is 0 Å². The van der Waals surface area contributed by atoms with Gasteiger partial charge in [0, 0.05) is 34.1 Å². The Balaban J connectivity index is 1.39. The number of benzene rings is 1. The third-order valence-electron chi connectivity index (χ3n) is 5.35. The van der Waals surface area contributed by atoms with E-state index in [0.29, 0.717) is 16.4 Å². The molecule has 3 aliphatic heterocycles. The smallest absolute Gasteiger partial charge is 0.348 e. The summed E-state index contributed by atoms with van der Waals surface area (Å²) in [5.41, 5.74) is -0.350. The zero-order valence-corrected chi connectivity index (χ0v) is 15.9. The zero-order valence-electron chi connectivity index (χ0n) is 15.1. The fourth-order valence-corrected chi connectivity index (χ4v) is 4.66. The number of rotatable bonds is 4. The van der Waals surface area contributed by atoms with Crippen molar-refractivity contribution in [3.05, 3.63) is 53.9 Å². The molecule has 0 unspecified atom stereocenters. The van der Waals surface area contributed by atoms with Crippen molar-refractivity contribution in [1.82, 2.24) is 15.2 Å². The van der Waals surface area contributed by atoms with Gasteiger partial charge in [0.2, 0.25) is 0 Å². The molecule has 148 valence electrons. The van der Waals surface area contributed by atoms with Crippen LogP contribution in [0.5, 0.6) is 0 Å². The molecule has 8 heteroatoms. The van der Waals surface area contributed by atoms with Gasteiger partial charge in [0.1, 0.15) is 5.69 Å². The van der Waals surface area contributed by atoms with Crippen LogP contribution >= 0.6 is 11.8 Å². The number of alkyl halides is 3. The first-order chi connectivity index (χ1) is 13.4. The maximum atomic E-state index is 12.8. The molecule has 1 atom stereocenters. The molecule has 0 spiro atoms. The lowest BCUT2D eigenvalue weighted by Crippen LogP contribution is -2.57. The molecule has 2 aromatic rings. The Morgan fingerprint density at radius 1 is 1.11 bits per heavy atom. The predicted octanol–water partition coefficient (Wildman–Crippen LogP) is 4.08. The van der Waals surface area contributed by atoms with E-state index in [9.17, 15) is 18.0 Å². The molecule has 3 saturated heterocycles. The highest BCUT2D eigenvalue weighted by atomic mass is 32.2. The molecule has 0 saturated carbocycles. The van der Waals surface area contributed by atoms with E-state index in [2.05, 4.69) is 15.2 Å². The monoisotopic (exact) mass is 407 g/mol. The maximum Gasteiger partial charge on any atom is 0.433 e. The van der Waals surface area contributed by atoms with E-state index in [-0.39, 0.29) is 11.9 Å². The molecule has 5 rings (SSSR count). The number of halogens is 3. The van der Waals surface area contributed by atoms with Crippen LogP contribution in [-0.2, 0) is 6.18 Å². The summed E-state index contributed by atoms with van der Waals surface area (Å²) in [6.45, 7) is 3.15. The predicted molar refractivity (Wildman–Crippen MR) is 100 cm³/mol. The first-order valence-electron chi connectivity index (χ1n) is 9.23. The first-order valence-corrected chi connectivity index (χ1v) is 10.0. The number of hydrogen-bond acceptors (Lipinski definition) is 4. The van der Waals surface area contributed by atoms with Crippen LogP contribution in [0.2, 0.25) is 0 Å². The number of carbonyl (C=O) groups excluding carboxylic acids is 1. The molecular formula is C20H20F3N3OS. The van der Waals surface area contributed by atoms with Gasteiger partial charge in [0.25, 0.3) is 5.91 Å². The van der Waals surface area contributed by atoms with Gasteiger partial charge in [-0.3, -0.25) is 9.78 Å². The van der Waals surface area contributed by atoms with E-state index >= 15 is 0 Å². The second-order valence-corrected chi connectivity index (χ2v) is 8.37. The molecule has 4 nitrogen and oxygen atoms in total. The van der Waals surface area contributed by atoms with E-state index in [0.717, 1.165) is 49.6 Å². The molecule has 0 radical (unpaired) electrons. The van der Waals surface area contributed by atoms with E-state index in [1.165, 1.54) is 17.8 Å². The number of nitrogens with one attached hydrogen (secondary N) is 1. The van der Waals surface area contributed by atoms with Gasteiger partial charge in [-0.1, -0.05) is 11.8 Å². The molecule has 2 bridgehead atoms. The average molecular weight is 407 g/mol. The van der Waals surface area contributed by atoms with Gasteiger partial charge in [0.05, 0.1) is 0 Å². The first kappa shape index (κ1) is 19.3. The van der Waals surface area contributed by atoms with Crippen LogP contribution < -0.4 is 5.32 Å². The minimum atomic E-state index is -4.46. The molecule has 28 heavy (non-hydrogen) atoms. The van der Waals surface area contributed by atoms with Crippen molar-refractivity contribution in [2.24, 2.45) is 5.92 Å². The maximum absolute atomic E-state index is 12.8. The average Bonchev–Trinajstić information content (AvgIpc) is 2.69. The molecule has 4 heterocycles. The standard InChI is InChI=1S/C20H20F3N3OS/c21-20(22,23)18-11-16(5-8-24-18)28-15-3-1-14(2-4-15)19(27)25-17-12-26-9-6-13(17)7-10-26/h1-5,8,11,13,17H,6-7,9-10,12H2,(H,25,27)/t17-/m0/s1. The lowest BCUT2D eigenvalue weighted by atomic mass is 9.84. The normalized spacial score (nSPS) is 24.2. The molecule has 3 aliphatic rings. The van der Waals surface area contributed by atoms with Gasteiger partial charge in [-0.15, -0.1) is 0 Å². The molecule has 0 aliphatic carbocycles. The Bertz CT molecular complexity index is 849. The quantitative estimate of drug-likeness (QED) is 0.830. The zero-order chi connectivity index (χ0) is 19.7. The van der Waals surface area contributed by atoms with Gasteiger partial charge in [-0.05, 0) is 68.2 Å². The summed E-state index contributed by atoms with van der Waals surface area (Å²) in [5, 5.41) is 3.14. The Labute approximate surface area is 165 Å². The second kappa shape index (κ2) is 7.75. The summed E-state index contributed by atoms with van der Waals surface area (Å²) in [7, 11) is 0. The Kier molecular flexibility index (Phi) is 5.33. The molecule has 1 aromatic heterocycles. The summed E-state index contributed by atoms with van der Waals surface area (Å²) >= 11 is 1.21. The third-order valence-corrected chi connectivity index (χ3v) is 6.34. The van der Waals surface area contributed by atoms with Crippen molar-refractivity contribution < 1.29 is 18.0 Å². The highest BCUT2D eigenvalue weighted by Gasteiger charge is 2.35. The Morgan fingerprint density at radius 2 is 1.82 bits per heavy atom. The van der Waals surface area contributed by atoms with Gasteiger partial charge in [0.15, 0.2) is 0 Å². The lowest BCUT2D eigenvalue weighted by Gasteiger charge is -2.44. The number of fused-ring (bicyclic) bond motifs is 3. The minimum Gasteiger partial charge on any atom is -0.348 e. The summed E-state index contributed by atoms with van der Waals surface area (Å²) in [5.74, 6) is 0.455. The van der Waals surface area contributed by atoms with Gasteiger partial charge in [-0.25, -0.2) is 0 Å². The van der Waals surface area contributed by atoms with Crippen LogP contribution in [0.3, 0.4) is 0 Å². The molecule has 1 aromatic carbocycles. The summed E-state index contributed by atoms with van der Waals surface area (Å²) in [6.07, 6.45) is -1.05. The van der Waals surface area contributed by atoms with Gasteiger partial charge >= 0.3 is 6.18 Å². The van der Waals surface area contributed by atoms with Crippen LogP contribution in [0.4, 0.5) is 13.2 Å². The number of carbonyl (C=O) groups is 1. The highest BCUT2D eigenvalue weighted by Crippen LogP contribution is 2.33. The molecular weight excluding hydrogens is 387 g/mol. The van der Waals surface area contributed by atoms with E-state index < -0.39 is 11.9 Å². The van der Waals surface area contributed by atoms with Crippen molar-refractivity contribution in [2.75, 3.05) is 19.6 Å². The van der Waals surface area contributed by atoms with Crippen molar-refractivity contribution in [3.63, 3.8) is 0 Å². The van der Waals surface area contributed by atoms with E-state index in [1.54, 1.807) is 24.3 Å². The van der Waals surface area contributed by atoms with Crippen molar-refractivity contribution in [3.8, 4) is 0 Å². The van der Waals surface area contributed by atoms with Crippen LogP contribution in [0.15, 0.2) is 52.4 Å². The van der Waals surface area contributed by atoms with E-state index in [4.69, 9.17) is 0 Å². The fraction of sp³-hybridized carbons (Fsp3) is 0.400. The van der Waals surface area contributed by atoms with Gasteiger partial charge in [-0.2, -0.15) is 13.2 Å². The Morgan fingerprint density at radius 3 is 2.43 bits per heavy atom. The van der Waals surface area contributed by atoms with E-state index in [1.807, 2.05) is 0 Å². The Hall–Kier alpha value is -2.06. The fourth-order valence-electron chi connectivity index (χ4n) is 3.82. The number of piperidine rings is 3. The number of nitrogens with zero attached hydrogens (tertiary/aromatic N) is 2. The summed E-state index contributed by atoms with van der Waals surface area (Å²) < 4.78 is 38.3. The van der Waals surface area contributed by atoms with Crippen LogP contribution in [-0.4, -0.2) is 41.5 Å². The summed E-state index contributed by atoms with van der Waals surface area (Å²) in [6, 6.07) is 9.69. The number of aromatic nitrogens is 1. The van der Waals surface area contributed by atoms with Crippen molar-refractivity contribution in [2.45, 2.75) is 34.9 Å². The minimum absolute atomic E-state index is 0.0985.